The number of para-hydroxylation sites is 1. The van der Waals surface area contributed by atoms with E-state index in [0.717, 1.165) is 16.5 Å². The van der Waals surface area contributed by atoms with Crippen LogP contribution < -0.4 is 10.9 Å². The smallest absolute Gasteiger partial charge is 0.275 e. The van der Waals surface area contributed by atoms with Crippen LogP contribution >= 0.6 is 11.6 Å². The maximum absolute atomic E-state index is 13.2. The third-order valence-electron chi connectivity index (χ3n) is 5.52. The first-order valence-electron chi connectivity index (χ1n) is 10.1. The molecule has 0 radical (unpaired) electrons. The number of hydrogen-bond donors (Lipinski definition) is 1. The van der Waals surface area contributed by atoms with Gasteiger partial charge in [-0.2, -0.15) is 0 Å². The van der Waals surface area contributed by atoms with E-state index >= 15 is 0 Å². The van der Waals surface area contributed by atoms with Crippen molar-refractivity contribution in [3.63, 3.8) is 0 Å². The first-order chi connectivity index (χ1) is 15.0. The second kappa shape index (κ2) is 8.96. The van der Waals surface area contributed by atoms with E-state index in [4.69, 9.17) is 16.3 Å². The van der Waals surface area contributed by atoms with E-state index in [1.165, 1.54) is 0 Å². The Morgan fingerprint density at radius 2 is 1.87 bits per heavy atom. The molecule has 4 rings (SSSR count). The van der Waals surface area contributed by atoms with Crippen molar-refractivity contribution in [1.29, 1.82) is 0 Å². The molecule has 0 bridgehead atoms. The molecule has 0 aliphatic heterocycles. The van der Waals surface area contributed by atoms with Crippen LogP contribution in [0.2, 0.25) is 5.02 Å². The van der Waals surface area contributed by atoms with E-state index in [9.17, 15) is 9.59 Å². The topological polar surface area (TPSA) is 65.3 Å². The predicted molar refractivity (Wildman–Crippen MR) is 124 cm³/mol. The molecule has 2 aromatic carbocycles. The minimum absolute atomic E-state index is 0.136. The molecule has 0 atom stereocenters. The van der Waals surface area contributed by atoms with E-state index < -0.39 is 0 Å². The highest BCUT2D eigenvalue weighted by molar-refractivity contribution is 6.30. The third kappa shape index (κ3) is 4.09. The number of halogens is 1. The zero-order valence-electron chi connectivity index (χ0n) is 17.5. The van der Waals surface area contributed by atoms with Crippen molar-refractivity contribution >= 4 is 39.3 Å². The van der Waals surface area contributed by atoms with Crippen molar-refractivity contribution in [3.05, 3.63) is 81.2 Å². The summed E-state index contributed by atoms with van der Waals surface area (Å²) in [6, 6.07) is 15.3. The molecule has 0 aliphatic carbocycles. The highest BCUT2D eigenvalue weighted by Crippen LogP contribution is 2.28. The molecule has 1 amide bonds. The number of aryl methyl sites for hydroxylation is 1. The number of amides is 1. The summed E-state index contributed by atoms with van der Waals surface area (Å²) in [6.07, 6.45) is 2.33. The minimum Gasteiger partial charge on any atom is -0.383 e. The normalized spacial score (nSPS) is 11.3. The van der Waals surface area contributed by atoms with E-state index in [2.05, 4.69) is 5.32 Å². The van der Waals surface area contributed by atoms with Crippen molar-refractivity contribution in [2.75, 3.05) is 20.3 Å². The Morgan fingerprint density at radius 3 is 2.61 bits per heavy atom. The van der Waals surface area contributed by atoms with Crippen LogP contribution in [0.4, 0.5) is 0 Å². The molecule has 0 aliphatic rings. The highest BCUT2D eigenvalue weighted by Gasteiger charge is 2.21. The molecule has 2 aromatic heterocycles. The number of nitrogens with zero attached hydrogens (tertiary/aromatic N) is 2. The van der Waals surface area contributed by atoms with Gasteiger partial charge in [-0.1, -0.05) is 41.9 Å². The van der Waals surface area contributed by atoms with Gasteiger partial charge < -0.3 is 19.2 Å². The Kier molecular flexibility index (Phi) is 6.11. The Hall–Kier alpha value is -3.09. The lowest BCUT2D eigenvalue weighted by molar-refractivity contribution is 0.0954. The fourth-order valence-corrected chi connectivity index (χ4v) is 4.05. The minimum atomic E-state index is -0.207. The third-order valence-corrected chi connectivity index (χ3v) is 5.77. The van der Waals surface area contributed by atoms with Gasteiger partial charge >= 0.3 is 0 Å². The maximum Gasteiger partial charge on any atom is 0.275 e. The van der Waals surface area contributed by atoms with E-state index in [1.54, 1.807) is 17.9 Å². The number of hydrogen-bond acceptors (Lipinski definition) is 3. The predicted octanol–water partition coefficient (Wildman–Crippen LogP) is 3.77. The van der Waals surface area contributed by atoms with Gasteiger partial charge in [0.25, 0.3) is 11.5 Å². The van der Waals surface area contributed by atoms with Crippen molar-refractivity contribution in [3.8, 4) is 0 Å². The van der Waals surface area contributed by atoms with Crippen molar-refractivity contribution in [1.82, 2.24) is 14.5 Å². The van der Waals surface area contributed by atoms with Gasteiger partial charge in [0.15, 0.2) is 0 Å². The molecular weight excluding hydrogens is 414 g/mol. The molecule has 0 spiro atoms. The average Bonchev–Trinajstić information content (AvgIpc) is 3.08. The molecule has 0 saturated heterocycles. The molecule has 7 heteroatoms. The SMILES string of the molecule is COCCn1cc(C(=O)NCCc2ccc(Cl)cc2)c2c3ccccc3n(C)c2c1=O. The number of rotatable bonds is 7. The molecular formula is C24H24ClN3O3. The van der Waals surface area contributed by atoms with Gasteiger partial charge in [-0.3, -0.25) is 9.59 Å². The van der Waals surface area contributed by atoms with Crippen molar-refractivity contribution in [2.24, 2.45) is 7.05 Å². The first-order valence-corrected chi connectivity index (χ1v) is 10.5. The number of pyridine rings is 1. The quantitative estimate of drug-likeness (QED) is 0.478. The fourth-order valence-electron chi connectivity index (χ4n) is 3.93. The summed E-state index contributed by atoms with van der Waals surface area (Å²) in [6.45, 7) is 1.23. The van der Waals surface area contributed by atoms with Crippen molar-refractivity contribution in [2.45, 2.75) is 13.0 Å². The maximum atomic E-state index is 13.2. The average molecular weight is 438 g/mol. The number of benzene rings is 2. The van der Waals surface area contributed by atoms with Gasteiger partial charge in [-0.25, -0.2) is 0 Å². The summed E-state index contributed by atoms with van der Waals surface area (Å²) in [5, 5.41) is 5.26. The monoisotopic (exact) mass is 437 g/mol. The second-order valence-electron chi connectivity index (χ2n) is 7.47. The Bertz CT molecular complexity index is 1310. The highest BCUT2D eigenvalue weighted by atomic mass is 35.5. The van der Waals surface area contributed by atoms with Crippen LogP contribution in [0.15, 0.2) is 59.5 Å². The summed E-state index contributed by atoms with van der Waals surface area (Å²) in [5.41, 5.74) is 2.86. The van der Waals surface area contributed by atoms with Crippen LogP contribution in [0.3, 0.4) is 0 Å². The van der Waals surface area contributed by atoms with Crippen LogP contribution in [0.5, 0.6) is 0 Å². The number of carbonyl (C=O) groups excluding carboxylic acids is 1. The first kappa shape index (κ1) is 21.2. The number of fused-ring (bicyclic) bond motifs is 3. The van der Waals surface area contributed by atoms with Crippen LogP contribution in [0.25, 0.3) is 21.8 Å². The van der Waals surface area contributed by atoms with Crippen LogP contribution in [0, 0.1) is 0 Å². The number of aromatic nitrogens is 2. The van der Waals surface area contributed by atoms with Crippen LogP contribution in [0.1, 0.15) is 15.9 Å². The molecule has 0 fully saturated rings. The Labute approximate surface area is 185 Å². The number of methoxy groups -OCH3 is 1. The summed E-state index contributed by atoms with van der Waals surface area (Å²) in [7, 11) is 3.44. The Balaban J connectivity index is 1.73. The number of ether oxygens (including phenoxy) is 1. The lowest BCUT2D eigenvalue weighted by Gasteiger charge is -2.12. The molecule has 0 saturated carbocycles. The summed E-state index contributed by atoms with van der Waals surface area (Å²) in [5.74, 6) is -0.207. The summed E-state index contributed by atoms with van der Waals surface area (Å²) in [4.78, 5) is 26.4. The lowest BCUT2D eigenvalue weighted by Crippen LogP contribution is -2.30. The lowest BCUT2D eigenvalue weighted by atomic mass is 10.1. The molecule has 31 heavy (non-hydrogen) atoms. The van der Waals surface area contributed by atoms with Gasteiger partial charge in [-0.15, -0.1) is 0 Å². The zero-order chi connectivity index (χ0) is 22.0. The molecule has 4 aromatic rings. The second-order valence-corrected chi connectivity index (χ2v) is 7.90. The van der Waals surface area contributed by atoms with Crippen molar-refractivity contribution < 1.29 is 9.53 Å². The zero-order valence-corrected chi connectivity index (χ0v) is 18.3. The van der Waals surface area contributed by atoms with Crippen LogP contribution in [-0.4, -0.2) is 35.3 Å². The number of carbonyl (C=O) groups is 1. The summed E-state index contributed by atoms with van der Waals surface area (Å²) >= 11 is 5.94. The molecule has 160 valence electrons. The molecule has 1 N–H and O–H groups in total. The van der Waals surface area contributed by atoms with Gasteiger partial charge in [0.1, 0.15) is 5.52 Å². The van der Waals surface area contributed by atoms with Gasteiger partial charge in [-0.05, 0) is 30.2 Å². The van der Waals surface area contributed by atoms with E-state index in [0.29, 0.717) is 47.6 Å². The number of nitrogens with one attached hydrogen (secondary N) is 1. The van der Waals surface area contributed by atoms with Gasteiger partial charge in [0.05, 0.1) is 12.2 Å². The summed E-state index contributed by atoms with van der Waals surface area (Å²) < 4.78 is 8.56. The van der Waals surface area contributed by atoms with Gasteiger partial charge in [0.2, 0.25) is 0 Å². The Morgan fingerprint density at radius 1 is 1.13 bits per heavy atom. The molecule has 6 nitrogen and oxygen atoms in total. The van der Waals surface area contributed by atoms with E-state index in [-0.39, 0.29) is 11.5 Å². The molecule has 0 unspecified atom stereocenters. The van der Waals surface area contributed by atoms with E-state index in [1.807, 2.05) is 60.1 Å². The van der Waals surface area contributed by atoms with Gasteiger partial charge in [0, 0.05) is 54.8 Å². The van der Waals surface area contributed by atoms with Crippen LogP contribution in [-0.2, 0) is 24.8 Å². The standard InChI is InChI=1S/C24H24ClN3O3/c1-27-20-6-4-3-5-18(20)21-19(15-28(13-14-31-2)24(30)22(21)27)23(29)26-12-11-16-7-9-17(25)10-8-16/h3-10,15H,11-14H2,1-2H3,(H,26,29). The fraction of sp³-hybridized carbons (Fsp3) is 0.250. The molecule has 2 heterocycles. The largest absolute Gasteiger partial charge is 0.383 e.